The van der Waals surface area contributed by atoms with Crippen LogP contribution in [0.25, 0.3) is 0 Å². The van der Waals surface area contributed by atoms with Crippen molar-refractivity contribution in [3.05, 3.63) is 37.7 Å². The quantitative estimate of drug-likeness (QED) is 0.689. The number of nitro groups is 1. The molecule has 0 spiro atoms. The van der Waals surface area contributed by atoms with Crippen LogP contribution in [0.5, 0.6) is 0 Å². The Bertz CT molecular complexity index is 617. The maximum Gasteiger partial charge on any atom is 0.333 e. The number of hydrogen-bond donors (Lipinski definition) is 1. The molecular weight excluding hydrogens is 264 g/mol. The first-order valence-corrected chi connectivity index (χ1v) is 6.72. The zero-order valence-electron chi connectivity index (χ0n) is 11.3. The van der Waals surface area contributed by atoms with Crippen molar-refractivity contribution < 1.29 is 4.92 Å². The van der Waals surface area contributed by atoms with Gasteiger partial charge in [0, 0.05) is 16.8 Å². The van der Waals surface area contributed by atoms with Crippen molar-refractivity contribution in [3.8, 4) is 0 Å². The molecule has 2 heterocycles. The van der Waals surface area contributed by atoms with Crippen molar-refractivity contribution in [3.63, 3.8) is 0 Å². The molecule has 0 aliphatic rings. The summed E-state index contributed by atoms with van der Waals surface area (Å²) in [6.07, 6.45) is 0. The smallest absolute Gasteiger partial charge is 0.333 e. The van der Waals surface area contributed by atoms with E-state index in [9.17, 15) is 10.1 Å². The second kappa shape index (κ2) is 5.00. The van der Waals surface area contributed by atoms with Gasteiger partial charge in [-0.2, -0.15) is 5.10 Å². The summed E-state index contributed by atoms with van der Waals surface area (Å²) in [7, 11) is 1.70. The van der Waals surface area contributed by atoms with Crippen molar-refractivity contribution in [2.24, 2.45) is 7.05 Å². The molecule has 0 fully saturated rings. The van der Waals surface area contributed by atoms with E-state index >= 15 is 0 Å². The lowest BCUT2D eigenvalue weighted by molar-refractivity contribution is -0.384. The fourth-order valence-electron chi connectivity index (χ4n) is 1.99. The van der Waals surface area contributed by atoms with Crippen molar-refractivity contribution in [2.45, 2.75) is 26.8 Å². The summed E-state index contributed by atoms with van der Waals surface area (Å²) in [6, 6.07) is 4.08. The molecule has 6 nitrogen and oxygen atoms in total. The monoisotopic (exact) mass is 280 g/mol. The topological polar surface area (TPSA) is 73.0 Å². The number of thiophene rings is 1. The summed E-state index contributed by atoms with van der Waals surface area (Å²) in [5.41, 5.74) is 0.465. The second-order valence-electron chi connectivity index (χ2n) is 4.48. The highest BCUT2D eigenvalue weighted by Crippen LogP contribution is 2.32. The van der Waals surface area contributed by atoms with Gasteiger partial charge < -0.3 is 5.32 Å². The minimum Gasteiger partial charge on any atom is -0.357 e. The van der Waals surface area contributed by atoms with Crippen LogP contribution >= 0.6 is 11.3 Å². The van der Waals surface area contributed by atoms with Crippen LogP contribution in [-0.2, 0) is 7.05 Å². The molecule has 0 radical (unpaired) electrons. The summed E-state index contributed by atoms with van der Waals surface area (Å²) in [5, 5.41) is 18.4. The number of aromatic nitrogens is 2. The van der Waals surface area contributed by atoms with E-state index in [0.29, 0.717) is 11.5 Å². The second-order valence-corrected chi connectivity index (χ2v) is 5.80. The van der Waals surface area contributed by atoms with Crippen LogP contribution in [0.3, 0.4) is 0 Å². The molecule has 2 aromatic heterocycles. The molecule has 102 valence electrons. The van der Waals surface area contributed by atoms with Crippen LogP contribution in [0, 0.1) is 24.0 Å². The Kier molecular flexibility index (Phi) is 3.57. The van der Waals surface area contributed by atoms with Gasteiger partial charge in [-0.15, -0.1) is 11.3 Å². The van der Waals surface area contributed by atoms with Gasteiger partial charge >= 0.3 is 5.69 Å². The molecule has 0 aliphatic carbocycles. The van der Waals surface area contributed by atoms with Gasteiger partial charge in [0.2, 0.25) is 5.82 Å². The zero-order valence-corrected chi connectivity index (χ0v) is 12.1. The van der Waals surface area contributed by atoms with Crippen molar-refractivity contribution in [1.29, 1.82) is 0 Å². The van der Waals surface area contributed by atoms with E-state index in [1.165, 1.54) is 9.56 Å². The van der Waals surface area contributed by atoms with E-state index in [2.05, 4.69) is 10.4 Å². The van der Waals surface area contributed by atoms with E-state index in [1.807, 2.05) is 26.0 Å². The molecule has 1 N–H and O–H groups in total. The number of nitrogens with one attached hydrogen (secondary N) is 1. The third-order valence-corrected chi connectivity index (χ3v) is 4.10. The number of nitrogens with zero attached hydrogens (tertiary/aromatic N) is 3. The summed E-state index contributed by atoms with van der Waals surface area (Å²) >= 11 is 1.68. The molecule has 1 unspecified atom stereocenters. The fraction of sp³-hybridized carbons (Fsp3) is 0.417. The number of anilines is 1. The fourth-order valence-corrected chi connectivity index (χ4v) is 2.87. The lowest BCUT2D eigenvalue weighted by atomic mass is 10.2. The normalized spacial score (nSPS) is 12.4. The summed E-state index contributed by atoms with van der Waals surface area (Å²) in [6.45, 7) is 5.66. The Labute approximate surface area is 115 Å². The molecule has 0 saturated carbocycles. The molecule has 2 rings (SSSR count). The van der Waals surface area contributed by atoms with E-state index in [1.54, 1.807) is 25.3 Å². The Morgan fingerprint density at radius 3 is 2.68 bits per heavy atom. The third kappa shape index (κ3) is 2.60. The maximum atomic E-state index is 11.1. The molecule has 2 aromatic rings. The average molecular weight is 280 g/mol. The number of aryl methyl sites for hydroxylation is 3. The van der Waals surface area contributed by atoms with Crippen molar-refractivity contribution >= 4 is 22.8 Å². The van der Waals surface area contributed by atoms with Gasteiger partial charge in [-0.3, -0.25) is 10.1 Å². The first kappa shape index (κ1) is 13.5. The standard InChI is InChI=1S/C12H16N4O2S/c1-7-5-6-10(19-7)8(2)13-12-11(16(17)18)9(3)14-15(12)4/h5-6,8,13H,1-4H3. The molecular formula is C12H16N4O2S. The summed E-state index contributed by atoms with van der Waals surface area (Å²) in [4.78, 5) is 13.1. The van der Waals surface area contributed by atoms with Gasteiger partial charge in [-0.05, 0) is 32.9 Å². The Morgan fingerprint density at radius 2 is 2.16 bits per heavy atom. The Balaban J connectivity index is 2.31. The number of hydrogen-bond acceptors (Lipinski definition) is 5. The summed E-state index contributed by atoms with van der Waals surface area (Å²) < 4.78 is 1.52. The molecule has 0 saturated heterocycles. The van der Waals surface area contributed by atoms with E-state index in [4.69, 9.17) is 0 Å². The third-order valence-electron chi connectivity index (χ3n) is 2.91. The highest BCUT2D eigenvalue weighted by Gasteiger charge is 2.25. The van der Waals surface area contributed by atoms with Gasteiger partial charge in [-0.25, -0.2) is 4.68 Å². The molecule has 0 amide bonds. The van der Waals surface area contributed by atoms with E-state index < -0.39 is 4.92 Å². The minimum absolute atomic E-state index is 0.00667. The van der Waals surface area contributed by atoms with Crippen LogP contribution in [0.2, 0.25) is 0 Å². The lowest BCUT2D eigenvalue weighted by Crippen LogP contribution is -2.10. The van der Waals surface area contributed by atoms with Crippen LogP contribution in [0.1, 0.15) is 28.4 Å². The largest absolute Gasteiger partial charge is 0.357 e. The maximum absolute atomic E-state index is 11.1. The van der Waals surface area contributed by atoms with E-state index in [-0.39, 0.29) is 11.7 Å². The minimum atomic E-state index is -0.392. The van der Waals surface area contributed by atoms with Crippen molar-refractivity contribution in [1.82, 2.24) is 9.78 Å². The van der Waals surface area contributed by atoms with Crippen LogP contribution < -0.4 is 5.32 Å². The predicted molar refractivity (Wildman–Crippen MR) is 75.7 cm³/mol. The lowest BCUT2D eigenvalue weighted by Gasteiger charge is -2.13. The number of rotatable bonds is 4. The summed E-state index contributed by atoms with van der Waals surface area (Å²) in [5.74, 6) is 0.445. The first-order valence-electron chi connectivity index (χ1n) is 5.91. The van der Waals surface area contributed by atoms with Gasteiger partial charge in [0.25, 0.3) is 0 Å². The average Bonchev–Trinajstić information content (AvgIpc) is 2.84. The molecule has 0 aromatic carbocycles. The predicted octanol–water partition coefficient (Wildman–Crippen LogP) is 3.18. The molecule has 0 bridgehead atoms. The molecule has 7 heteroatoms. The van der Waals surface area contributed by atoms with Crippen molar-refractivity contribution in [2.75, 3.05) is 5.32 Å². The van der Waals surface area contributed by atoms with Crippen LogP contribution in [-0.4, -0.2) is 14.7 Å². The molecule has 1 atom stereocenters. The van der Waals surface area contributed by atoms with Gasteiger partial charge in [0.1, 0.15) is 5.69 Å². The molecule has 0 aliphatic heterocycles. The molecule has 19 heavy (non-hydrogen) atoms. The zero-order chi connectivity index (χ0) is 14.2. The Hall–Kier alpha value is -1.89. The highest BCUT2D eigenvalue weighted by atomic mass is 32.1. The Morgan fingerprint density at radius 1 is 1.47 bits per heavy atom. The SMILES string of the molecule is Cc1ccc(C(C)Nc2c([N+](=O)[O-])c(C)nn2C)s1. The highest BCUT2D eigenvalue weighted by molar-refractivity contribution is 7.12. The first-order chi connectivity index (χ1) is 8.90. The van der Waals surface area contributed by atoms with Gasteiger partial charge in [0.15, 0.2) is 0 Å². The van der Waals surface area contributed by atoms with Gasteiger partial charge in [0.05, 0.1) is 11.0 Å². The van der Waals surface area contributed by atoms with Gasteiger partial charge in [-0.1, -0.05) is 0 Å². The van der Waals surface area contributed by atoms with Crippen LogP contribution in [0.4, 0.5) is 11.5 Å². The van der Waals surface area contributed by atoms with Crippen LogP contribution in [0.15, 0.2) is 12.1 Å². The van der Waals surface area contributed by atoms with E-state index in [0.717, 1.165) is 4.88 Å².